The average molecular weight is 349 g/mol. The first-order chi connectivity index (χ1) is 11.6. The van der Waals surface area contributed by atoms with Crippen molar-refractivity contribution in [2.75, 3.05) is 37.7 Å². The summed E-state index contributed by atoms with van der Waals surface area (Å²) in [5.41, 5.74) is 1.76. The lowest BCUT2D eigenvalue weighted by Crippen LogP contribution is -2.50. The predicted molar refractivity (Wildman–Crippen MR) is 92.5 cm³/mol. The molecule has 2 aliphatic rings. The first-order valence-corrected chi connectivity index (χ1v) is 10.4. The smallest absolute Gasteiger partial charge is 0.209 e. The summed E-state index contributed by atoms with van der Waals surface area (Å²) >= 11 is 0. The summed E-state index contributed by atoms with van der Waals surface area (Å²) in [6.07, 6.45) is 2.17. The molecule has 0 N–H and O–H groups in total. The lowest BCUT2D eigenvalue weighted by molar-refractivity contribution is 0.106. The van der Waals surface area contributed by atoms with Crippen molar-refractivity contribution >= 4 is 20.9 Å². The van der Waals surface area contributed by atoms with Crippen LogP contribution in [-0.4, -0.2) is 66.9 Å². The van der Waals surface area contributed by atoms with Gasteiger partial charge in [-0.05, 0) is 25.0 Å². The van der Waals surface area contributed by atoms with Gasteiger partial charge < -0.3 is 4.42 Å². The van der Waals surface area contributed by atoms with E-state index in [1.54, 1.807) is 0 Å². The van der Waals surface area contributed by atoms with Crippen molar-refractivity contribution in [2.45, 2.75) is 25.4 Å². The van der Waals surface area contributed by atoms with Gasteiger partial charge in [-0.3, -0.25) is 9.80 Å². The molecular formula is C17H23N3O3S. The van der Waals surface area contributed by atoms with E-state index in [-0.39, 0.29) is 0 Å². The molecule has 0 spiro atoms. The first kappa shape index (κ1) is 16.1. The molecule has 6 nitrogen and oxygen atoms in total. The van der Waals surface area contributed by atoms with Crippen molar-refractivity contribution in [1.82, 2.24) is 14.8 Å². The second-order valence-electron chi connectivity index (χ2n) is 6.77. The molecule has 0 unspecified atom stereocenters. The Bertz CT molecular complexity index is 762. The SMILES string of the molecule is O=S1(=O)CCN(C2CCN(Cc3nc4ccccc4o3)CC2)CC1. The summed E-state index contributed by atoms with van der Waals surface area (Å²) in [6.45, 7) is 4.14. The number of hydrogen-bond donors (Lipinski definition) is 0. The predicted octanol–water partition coefficient (Wildman–Crippen LogP) is 1.52. The number of benzene rings is 1. The molecule has 1 aromatic carbocycles. The highest BCUT2D eigenvalue weighted by atomic mass is 32.2. The molecule has 1 aromatic heterocycles. The molecule has 0 bridgehead atoms. The zero-order valence-electron chi connectivity index (χ0n) is 13.7. The van der Waals surface area contributed by atoms with Crippen LogP contribution in [0.5, 0.6) is 0 Å². The Kier molecular flexibility index (Phi) is 4.32. The summed E-state index contributed by atoms with van der Waals surface area (Å²) in [7, 11) is -2.79. The van der Waals surface area contributed by atoms with Gasteiger partial charge in [0.15, 0.2) is 15.4 Å². The zero-order valence-corrected chi connectivity index (χ0v) is 14.5. The molecule has 2 saturated heterocycles. The fourth-order valence-corrected chi connectivity index (χ4v) is 4.94. The van der Waals surface area contributed by atoms with E-state index < -0.39 is 9.84 Å². The number of fused-ring (bicyclic) bond motifs is 1. The third-order valence-corrected chi connectivity index (χ3v) is 6.76. The number of sulfone groups is 1. The second kappa shape index (κ2) is 6.46. The monoisotopic (exact) mass is 349 g/mol. The minimum Gasteiger partial charge on any atom is -0.439 e. The summed E-state index contributed by atoms with van der Waals surface area (Å²) < 4.78 is 28.9. The molecule has 0 saturated carbocycles. The van der Waals surface area contributed by atoms with E-state index in [1.807, 2.05) is 24.3 Å². The van der Waals surface area contributed by atoms with Gasteiger partial charge in [-0.2, -0.15) is 0 Å². The molecule has 7 heteroatoms. The maximum Gasteiger partial charge on any atom is 0.209 e. The average Bonchev–Trinajstić information content (AvgIpc) is 2.98. The molecule has 24 heavy (non-hydrogen) atoms. The number of likely N-dealkylation sites (tertiary alicyclic amines) is 1. The minimum atomic E-state index is -2.79. The van der Waals surface area contributed by atoms with Gasteiger partial charge in [0, 0.05) is 32.2 Å². The first-order valence-electron chi connectivity index (χ1n) is 8.60. The molecule has 130 valence electrons. The van der Waals surface area contributed by atoms with E-state index in [0.29, 0.717) is 30.6 Å². The van der Waals surface area contributed by atoms with Crippen LogP contribution in [0.1, 0.15) is 18.7 Å². The fourth-order valence-electron chi connectivity index (χ4n) is 3.71. The van der Waals surface area contributed by atoms with Gasteiger partial charge >= 0.3 is 0 Å². The normalized spacial score (nSPS) is 23.7. The molecule has 0 aliphatic carbocycles. The Morgan fingerprint density at radius 1 is 1.08 bits per heavy atom. The van der Waals surface area contributed by atoms with Crippen LogP contribution < -0.4 is 0 Å². The molecule has 2 fully saturated rings. The van der Waals surface area contributed by atoms with Crippen LogP contribution in [0.25, 0.3) is 11.1 Å². The Balaban J connectivity index is 1.31. The van der Waals surface area contributed by atoms with Crippen molar-refractivity contribution in [1.29, 1.82) is 0 Å². The second-order valence-corrected chi connectivity index (χ2v) is 9.07. The molecule has 3 heterocycles. The van der Waals surface area contributed by atoms with Crippen molar-refractivity contribution in [2.24, 2.45) is 0 Å². The van der Waals surface area contributed by atoms with Crippen LogP contribution >= 0.6 is 0 Å². The lowest BCUT2D eigenvalue weighted by atomic mass is 10.0. The van der Waals surface area contributed by atoms with Crippen molar-refractivity contribution in [3.63, 3.8) is 0 Å². The molecule has 4 rings (SSSR count). The van der Waals surface area contributed by atoms with Crippen LogP contribution in [0.4, 0.5) is 0 Å². The van der Waals surface area contributed by atoms with Crippen LogP contribution in [-0.2, 0) is 16.4 Å². The Morgan fingerprint density at radius 3 is 2.50 bits per heavy atom. The van der Waals surface area contributed by atoms with Gasteiger partial charge in [0.25, 0.3) is 0 Å². The van der Waals surface area contributed by atoms with Crippen LogP contribution in [0.3, 0.4) is 0 Å². The highest BCUT2D eigenvalue weighted by Crippen LogP contribution is 2.21. The number of rotatable bonds is 3. The maximum atomic E-state index is 11.6. The van der Waals surface area contributed by atoms with Crippen LogP contribution in [0.2, 0.25) is 0 Å². The van der Waals surface area contributed by atoms with Gasteiger partial charge in [-0.15, -0.1) is 0 Å². The Hall–Kier alpha value is -1.44. The highest BCUT2D eigenvalue weighted by Gasteiger charge is 2.29. The standard InChI is InChI=1S/C17H23N3O3S/c21-24(22)11-9-20(10-12-24)14-5-7-19(8-6-14)13-17-18-15-3-1-2-4-16(15)23-17/h1-4,14H,5-13H2. The summed E-state index contributed by atoms with van der Waals surface area (Å²) in [6, 6.07) is 8.36. The summed E-state index contributed by atoms with van der Waals surface area (Å²) in [5, 5.41) is 0. The zero-order chi connectivity index (χ0) is 16.6. The van der Waals surface area contributed by atoms with E-state index in [1.165, 1.54) is 0 Å². The molecule has 0 atom stereocenters. The van der Waals surface area contributed by atoms with Crippen LogP contribution in [0.15, 0.2) is 28.7 Å². The summed E-state index contributed by atoms with van der Waals surface area (Å²) in [4.78, 5) is 9.28. The largest absolute Gasteiger partial charge is 0.439 e. The number of aromatic nitrogens is 1. The van der Waals surface area contributed by atoms with Crippen LogP contribution in [0, 0.1) is 0 Å². The third-order valence-electron chi connectivity index (χ3n) is 5.15. The number of oxazole rings is 1. The van der Waals surface area contributed by atoms with E-state index >= 15 is 0 Å². The Labute approximate surface area is 142 Å². The van der Waals surface area contributed by atoms with Crippen molar-refractivity contribution < 1.29 is 12.8 Å². The number of piperidine rings is 1. The van der Waals surface area contributed by atoms with Crippen molar-refractivity contribution in [3.05, 3.63) is 30.2 Å². The quantitative estimate of drug-likeness (QED) is 0.837. The lowest BCUT2D eigenvalue weighted by Gasteiger charge is -2.39. The number of hydrogen-bond acceptors (Lipinski definition) is 6. The third kappa shape index (κ3) is 3.48. The minimum absolute atomic E-state index is 0.316. The van der Waals surface area contributed by atoms with E-state index in [2.05, 4.69) is 14.8 Å². The van der Waals surface area contributed by atoms with Gasteiger partial charge in [-0.25, -0.2) is 13.4 Å². The topological polar surface area (TPSA) is 66.7 Å². The van der Waals surface area contributed by atoms with Gasteiger partial charge in [0.05, 0.1) is 18.1 Å². The van der Waals surface area contributed by atoms with Crippen molar-refractivity contribution in [3.8, 4) is 0 Å². The summed E-state index contributed by atoms with van der Waals surface area (Å²) in [5.74, 6) is 1.41. The van der Waals surface area contributed by atoms with Gasteiger partial charge in [0.2, 0.25) is 5.89 Å². The van der Waals surface area contributed by atoms with E-state index in [0.717, 1.165) is 49.5 Å². The van der Waals surface area contributed by atoms with Gasteiger partial charge in [0.1, 0.15) is 5.52 Å². The molecular weight excluding hydrogens is 326 g/mol. The fraction of sp³-hybridized carbons (Fsp3) is 0.588. The maximum absolute atomic E-state index is 11.6. The number of para-hydroxylation sites is 2. The molecule has 2 aliphatic heterocycles. The molecule has 0 amide bonds. The van der Waals surface area contributed by atoms with E-state index in [9.17, 15) is 8.42 Å². The van der Waals surface area contributed by atoms with E-state index in [4.69, 9.17) is 4.42 Å². The molecule has 0 radical (unpaired) electrons. The number of nitrogens with zero attached hydrogens (tertiary/aromatic N) is 3. The molecule has 2 aromatic rings. The Morgan fingerprint density at radius 2 is 1.79 bits per heavy atom. The highest BCUT2D eigenvalue weighted by molar-refractivity contribution is 7.91. The van der Waals surface area contributed by atoms with Gasteiger partial charge in [-0.1, -0.05) is 12.1 Å².